The van der Waals surface area contributed by atoms with Gasteiger partial charge in [-0.2, -0.15) is 0 Å². The van der Waals surface area contributed by atoms with E-state index in [2.05, 4.69) is 59.2 Å². The average molecular weight is 447 g/mol. The van der Waals surface area contributed by atoms with E-state index in [0.29, 0.717) is 12.3 Å². The molecule has 1 atom stereocenters. The highest BCUT2D eigenvalue weighted by molar-refractivity contribution is 5.83. The summed E-state index contributed by atoms with van der Waals surface area (Å²) in [6.07, 6.45) is 6.64. The van der Waals surface area contributed by atoms with Crippen LogP contribution < -0.4 is 0 Å². The average Bonchev–Trinajstić information content (AvgIpc) is 3.28. The zero-order valence-electron chi connectivity index (χ0n) is 20.1. The van der Waals surface area contributed by atoms with E-state index in [1.807, 2.05) is 0 Å². The van der Waals surface area contributed by atoms with E-state index in [4.69, 9.17) is 4.74 Å². The summed E-state index contributed by atoms with van der Waals surface area (Å²) >= 11 is 0. The van der Waals surface area contributed by atoms with Crippen molar-refractivity contribution in [3.63, 3.8) is 0 Å². The lowest BCUT2D eigenvalue weighted by molar-refractivity contribution is -0.127. The van der Waals surface area contributed by atoms with Gasteiger partial charge >= 0.3 is 0 Å². The lowest BCUT2D eigenvalue weighted by Crippen LogP contribution is -2.38. The Kier molecular flexibility index (Phi) is 7.24. The lowest BCUT2D eigenvalue weighted by Gasteiger charge is -2.30. The Morgan fingerprint density at radius 2 is 1.76 bits per heavy atom. The van der Waals surface area contributed by atoms with Crippen LogP contribution in [-0.4, -0.2) is 61.0 Å². The summed E-state index contributed by atoms with van der Waals surface area (Å²) in [6, 6.07) is 16.8. The first-order chi connectivity index (χ1) is 16.2. The molecule has 3 heterocycles. The molecule has 3 aliphatic heterocycles. The Morgan fingerprint density at radius 1 is 0.970 bits per heavy atom. The topological polar surface area (TPSA) is 32.8 Å². The Hall–Kier alpha value is -2.01. The molecule has 0 unspecified atom stereocenters. The van der Waals surface area contributed by atoms with Crippen molar-refractivity contribution in [2.75, 3.05) is 39.4 Å². The highest BCUT2D eigenvalue weighted by atomic mass is 16.5. The van der Waals surface area contributed by atoms with Crippen molar-refractivity contribution < 1.29 is 9.53 Å². The summed E-state index contributed by atoms with van der Waals surface area (Å²) in [5.41, 5.74) is 6.85. The summed E-state index contributed by atoms with van der Waals surface area (Å²) in [7, 11) is 0. The van der Waals surface area contributed by atoms with E-state index in [9.17, 15) is 4.79 Å². The van der Waals surface area contributed by atoms with Crippen LogP contribution in [0.3, 0.4) is 0 Å². The quantitative estimate of drug-likeness (QED) is 0.615. The van der Waals surface area contributed by atoms with E-state index in [0.717, 1.165) is 58.0 Å². The third-order valence-electron chi connectivity index (χ3n) is 8.02. The molecular formula is C29H38N2O2. The molecule has 176 valence electrons. The molecule has 2 aromatic carbocycles. The van der Waals surface area contributed by atoms with Crippen molar-refractivity contribution >= 4 is 5.78 Å². The van der Waals surface area contributed by atoms with Crippen molar-refractivity contribution in [2.24, 2.45) is 5.92 Å². The number of rotatable bonds is 7. The summed E-state index contributed by atoms with van der Waals surface area (Å²) in [5, 5.41) is 0. The molecule has 0 radical (unpaired) electrons. The van der Waals surface area contributed by atoms with Gasteiger partial charge in [-0.1, -0.05) is 42.5 Å². The van der Waals surface area contributed by atoms with Gasteiger partial charge in [-0.05, 0) is 79.8 Å². The zero-order valence-corrected chi connectivity index (χ0v) is 20.1. The monoisotopic (exact) mass is 446 g/mol. The second-order valence-electron chi connectivity index (χ2n) is 10.3. The van der Waals surface area contributed by atoms with Crippen molar-refractivity contribution in [3.8, 4) is 11.1 Å². The van der Waals surface area contributed by atoms with Crippen LogP contribution in [-0.2, 0) is 28.9 Å². The van der Waals surface area contributed by atoms with E-state index in [-0.39, 0.29) is 5.92 Å². The smallest absolute Gasteiger partial charge is 0.150 e. The van der Waals surface area contributed by atoms with Crippen LogP contribution in [0.15, 0.2) is 42.5 Å². The fourth-order valence-electron chi connectivity index (χ4n) is 5.76. The van der Waals surface area contributed by atoms with Crippen LogP contribution >= 0.6 is 0 Å². The number of nitrogens with zero attached hydrogens (tertiary/aromatic N) is 2. The van der Waals surface area contributed by atoms with Crippen LogP contribution in [0.2, 0.25) is 0 Å². The molecule has 2 fully saturated rings. The Morgan fingerprint density at radius 3 is 2.52 bits per heavy atom. The molecule has 2 aromatic rings. The summed E-state index contributed by atoms with van der Waals surface area (Å²) in [4.78, 5) is 17.6. The van der Waals surface area contributed by atoms with Crippen molar-refractivity contribution in [1.29, 1.82) is 0 Å². The summed E-state index contributed by atoms with van der Waals surface area (Å²) < 4.78 is 5.41. The molecule has 0 N–H and O–H groups in total. The molecule has 0 aromatic heterocycles. The van der Waals surface area contributed by atoms with Gasteiger partial charge in [0.2, 0.25) is 0 Å². The van der Waals surface area contributed by atoms with Crippen LogP contribution in [0, 0.1) is 5.92 Å². The number of hydrogen-bond donors (Lipinski definition) is 0. The minimum atomic E-state index is 0.198. The molecule has 0 bridgehead atoms. The molecule has 0 spiro atoms. The minimum Gasteiger partial charge on any atom is -0.381 e. The molecule has 0 saturated carbocycles. The minimum absolute atomic E-state index is 0.198. The maximum atomic E-state index is 12.7. The van der Waals surface area contributed by atoms with Crippen molar-refractivity contribution in [1.82, 2.24) is 9.80 Å². The number of benzene rings is 2. The second-order valence-corrected chi connectivity index (χ2v) is 10.3. The van der Waals surface area contributed by atoms with Crippen molar-refractivity contribution in [2.45, 2.75) is 58.0 Å². The first-order valence-corrected chi connectivity index (χ1v) is 12.9. The first-order valence-electron chi connectivity index (χ1n) is 12.9. The van der Waals surface area contributed by atoms with E-state index in [1.165, 1.54) is 53.7 Å². The van der Waals surface area contributed by atoms with Crippen LogP contribution in [0.5, 0.6) is 0 Å². The van der Waals surface area contributed by atoms with Gasteiger partial charge in [0.05, 0.1) is 6.54 Å². The van der Waals surface area contributed by atoms with E-state index >= 15 is 0 Å². The zero-order chi connectivity index (χ0) is 22.6. The molecule has 4 heteroatoms. The highest BCUT2D eigenvalue weighted by Gasteiger charge is 2.25. The van der Waals surface area contributed by atoms with Crippen molar-refractivity contribution in [3.05, 3.63) is 59.2 Å². The van der Waals surface area contributed by atoms with Gasteiger partial charge in [-0.15, -0.1) is 0 Å². The fraction of sp³-hybridized carbons (Fsp3) is 0.552. The number of ketones is 1. The number of ether oxygens (including phenoxy) is 1. The van der Waals surface area contributed by atoms with Gasteiger partial charge in [-0.25, -0.2) is 0 Å². The number of fused-ring (bicyclic) bond motifs is 1. The maximum absolute atomic E-state index is 12.7. The van der Waals surface area contributed by atoms with Gasteiger partial charge in [-0.3, -0.25) is 9.69 Å². The maximum Gasteiger partial charge on any atom is 0.150 e. The predicted molar refractivity (Wildman–Crippen MR) is 133 cm³/mol. The molecule has 5 rings (SSSR count). The van der Waals surface area contributed by atoms with Crippen LogP contribution in [0.4, 0.5) is 0 Å². The molecule has 4 nitrogen and oxygen atoms in total. The van der Waals surface area contributed by atoms with Crippen LogP contribution in [0.25, 0.3) is 11.1 Å². The molecule has 2 saturated heterocycles. The molecule has 3 aliphatic rings. The largest absolute Gasteiger partial charge is 0.381 e. The predicted octanol–water partition coefficient (Wildman–Crippen LogP) is 4.73. The second kappa shape index (κ2) is 10.5. The number of Topliss-reactive ketones (excluding diaryl/α,β-unsaturated/α-hetero) is 1. The van der Waals surface area contributed by atoms with Gasteiger partial charge in [0.1, 0.15) is 5.78 Å². The third kappa shape index (κ3) is 5.56. The summed E-state index contributed by atoms with van der Waals surface area (Å²) in [6.45, 7) is 8.71. The normalized spacial score (nSPS) is 22.4. The number of carbonyl (C=O) groups is 1. The Bertz CT molecular complexity index is 949. The molecule has 33 heavy (non-hydrogen) atoms. The van der Waals surface area contributed by atoms with Gasteiger partial charge in [0, 0.05) is 44.8 Å². The third-order valence-corrected chi connectivity index (χ3v) is 8.02. The number of hydrogen-bond acceptors (Lipinski definition) is 4. The molecule has 0 aliphatic carbocycles. The standard InChI is InChI=1S/C29H38N2O2/c1-22-3-2-14-31(22)16-10-23-4-6-24(7-5-23)26-8-9-28-20-30(15-11-27(28)19-26)21-29(32)25-12-17-33-18-13-25/h4-9,19,22,25H,2-3,10-18,20-21H2,1H3/t22-/m1/s1. The molecule has 0 amide bonds. The van der Waals surface area contributed by atoms with Gasteiger partial charge in [0.25, 0.3) is 0 Å². The highest BCUT2D eigenvalue weighted by Crippen LogP contribution is 2.27. The first kappa shape index (κ1) is 22.8. The summed E-state index contributed by atoms with van der Waals surface area (Å²) in [5.74, 6) is 0.599. The van der Waals surface area contributed by atoms with E-state index in [1.54, 1.807) is 0 Å². The van der Waals surface area contributed by atoms with Crippen LogP contribution in [0.1, 0.15) is 49.3 Å². The SMILES string of the molecule is C[C@@H]1CCCN1CCc1ccc(-c2ccc3c(c2)CCN(CC(=O)C2CCOCC2)C3)cc1. The Labute approximate surface area is 198 Å². The Balaban J connectivity index is 1.17. The number of carbonyl (C=O) groups excluding carboxylic acids is 1. The van der Waals surface area contributed by atoms with E-state index < -0.39 is 0 Å². The fourth-order valence-corrected chi connectivity index (χ4v) is 5.76. The number of likely N-dealkylation sites (tertiary alicyclic amines) is 1. The van der Waals surface area contributed by atoms with Gasteiger partial charge in [0.15, 0.2) is 0 Å². The molecular weight excluding hydrogens is 408 g/mol. The van der Waals surface area contributed by atoms with Gasteiger partial charge < -0.3 is 9.64 Å². The lowest BCUT2D eigenvalue weighted by atomic mass is 9.92.